The number of sulfonamides is 1. The van der Waals surface area contributed by atoms with Gasteiger partial charge in [-0.25, -0.2) is 13.1 Å². The third kappa shape index (κ3) is 4.45. The standard InChI is InChI=1S/C12H19BrN2O2S3/c1-14-7-10-6-11(12(13)19-10)20(16,17)15-8-9-4-2-3-5-18-9/h6,9,14-15H,2-5,7-8H2,1H3. The van der Waals surface area contributed by atoms with Gasteiger partial charge in [0.1, 0.15) is 4.90 Å². The van der Waals surface area contributed by atoms with Crippen molar-refractivity contribution in [2.75, 3.05) is 19.3 Å². The normalized spacial score (nSPS) is 20.2. The summed E-state index contributed by atoms with van der Waals surface area (Å²) in [4.78, 5) is 1.36. The van der Waals surface area contributed by atoms with E-state index < -0.39 is 10.0 Å². The molecule has 1 fully saturated rings. The van der Waals surface area contributed by atoms with Crippen LogP contribution in [0.25, 0.3) is 0 Å². The Morgan fingerprint density at radius 2 is 2.25 bits per heavy atom. The molecule has 1 aliphatic heterocycles. The lowest BCUT2D eigenvalue weighted by Crippen LogP contribution is -2.31. The van der Waals surface area contributed by atoms with Crippen molar-refractivity contribution in [1.82, 2.24) is 10.0 Å². The van der Waals surface area contributed by atoms with Gasteiger partial charge in [0.05, 0.1) is 3.79 Å². The summed E-state index contributed by atoms with van der Waals surface area (Å²) < 4.78 is 28.1. The third-order valence-electron chi connectivity index (χ3n) is 3.12. The average Bonchev–Trinajstić information content (AvgIpc) is 2.80. The first-order chi connectivity index (χ1) is 9.53. The Morgan fingerprint density at radius 3 is 2.90 bits per heavy atom. The summed E-state index contributed by atoms with van der Waals surface area (Å²) in [5.41, 5.74) is 0. The van der Waals surface area contributed by atoms with Crippen molar-refractivity contribution in [3.63, 3.8) is 0 Å². The highest BCUT2D eigenvalue weighted by Gasteiger charge is 2.23. The van der Waals surface area contributed by atoms with Crippen LogP contribution in [0.5, 0.6) is 0 Å². The molecule has 1 atom stereocenters. The summed E-state index contributed by atoms with van der Waals surface area (Å²) in [6.07, 6.45) is 3.55. The van der Waals surface area contributed by atoms with Crippen molar-refractivity contribution in [3.05, 3.63) is 14.7 Å². The van der Waals surface area contributed by atoms with E-state index in [1.54, 1.807) is 6.07 Å². The van der Waals surface area contributed by atoms with Crippen LogP contribution in [-0.2, 0) is 16.6 Å². The highest BCUT2D eigenvalue weighted by molar-refractivity contribution is 9.11. The molecule has 0 aromatic carbocycles. The quantitative estimate of drug-likeness (QED) is 0.773. The van der Waals surface area contributed by atoms with Crippen LogP contribution in [0.3, 0.4) is 0 Å². The Morgan fingerprint density at radius 1 is 1.45 bits per heavy atom. The summed E-state index contributed by atoms with van der Waals surface area (Å²) in [6, 6.07) is 1.74. The number of nitrogens with one attached hydrogen (secondary N) is 2. The highest BCUT2D eigenvalue weighted by Crippen LogP contribution is 2.32. The molecule has 2 N–H and O–H groups in total. The summed E-state index contributed by atoms with van der Waals surface area (Å²) in [5.74, 6) is 1.14. The molecule has 0 saturated carbocycles. The molecule has 2 rings (SSSR count). The molecule has 0 spiro atoms. The summed E-state index contributed by atoms with van der Waals surface area (Å²) in [5, 5.41) is 3.44. The molecule has 2 heterocycles. The maximum atomic E-state index is 12.3. The first-order valence-electron chi connectivity index (χ1n) is 6.57. The van der Waals surface area contributed by atoms with E-state index in [0.717, 1.165) is 17.1 Å². The lowest BCUT2D eigenvalue weighted by Gasteiger charge is -2.21. The third-order valence-corrected chi connectivity index (χ3v) is 8.20. The predicted octanol–water partition coefficient (Wildman–Crippen LogP) is 2.79. The van der Waals surface area contributed by atoms with Gasteiger partial charge in [-0.1, -0.05) is 6.42 Å². The minimum atomic E-state index is -3.42. The van der Waals surface area contributed by atoms with Crippen molar-refractivity contribution in [3.8, 4) is 0 Å². The molecule has 1 aromatic heterocycles. The van der Waals surface area contributed by atoms with E-state index in [-0.39, 0.29) is 0 Å². The number of halogens is 1. The van der Waals surface area contributed by atoms with Crippen LogP contribution in [0.1, 0.15) is 24.1 Å². The highest BCUT2D eigenvalue weighted by atomic mass is 79.9. The number of thiophene rings is 1. The molecule has 1 saturated heterocycles. The van der Waals surface area contributed by atoms with E-state index in [1.807, 2.05) is 18.8 Å². The van der Waals surface area contributed by atoms with Crippen molar-refractivity contribution >= 4 is 49.1 Å². The van der Waals surface area contributed by atoms with Crippen LogP contribution < -0.4 is 10.0 Å². The zero-order chi connectivity index (χ0) is 14.6. The Labute approximate surface area is 137 Å². The van der Waals surface area contributed by atoms with Crippen LogP contribution >= 0.6 is 39.0 Å². The van der Waals surface area contributed by atoms with Crippen molar-refractivity contribution in [2.24, 2.45) is 0 Å². The molecular formula is C12H19BrN2O2S3. The summed E-state index contributed by atoms with van der Waals surface area (Å²) >= 11 is 6.68. The Kier molecular flexibility index (Phi) is 6.37. The molecule has 0 radical (unpaired) electrons. The molecule has 8 heteroatoms. The number of rotatable bonds is 6. The van der Waals surface area contributed by atoms with Crippen molar-refractivity contribution in [2.45, 2.75) is 36.0 Å². The van der Waals surface area contributed by atoms with Gasteiger partial charge in [0, 0.05) is 23.2 Å². The van der Waals surface area contributed by atoms with E-state index in [2.05, 4.69) is 26.0 Å². The first kappa shape index (κ1) is 16.8. The lowest BCUT2D eigenvalue weighted by atomic mass is 10.2. The maximum absolute atomic E-state index is 12.3. The van der Waals surface area contributed by atoms with Crippen LogP contribution in [0.4, 0.5) is 0 Å². The molecule has 0 aliphatic carbocycles. The first-order valence-corrected chi connectivity index (χ1v) is 10.7. The van der Waals surface area contributed by atoms with Crippen LogP contribution in [0.2, 0.25) is 0 Å². The second-order valence-corrected chi connectivity index (χ2v) is 10.3. The van der Waals surface area contributed by atoms with Crippen molar-refractivity contribution in [1.29, 1.82) is 0 Å². The average molecular weight is 399 g/mol. The van der Waals surface area contributed by atoms with Gasteiger partial charge in [-0.15, -0.1) is 11.3 Å². The maximum Gasteiger partial charge on any atom is 0.242 e. The van der Waals surface area contributed by atoms with E-state index >= 15 is 0 Å². The fourth-order valence-electron chi connectivity index (χ4n) is 2.09. The molecule has 1 aromatic rings. The zero-order valence-electron chi connectivity index (χ0n) is 11.3. The van der Waals surface area contributed by atoms with Crippen LogP contribution in [0.15, 0.2) is 14.7 Å². The predicted molar refractivity (Wildman–Crippen MR) is 90.1 cm³/mol. The van der Waals surface area contributed by atoms with Gasteiger partial charge in [-0.2, -0.15) is 11.8 Å². The van der Waals surface area contributed by atoms with E-state index in [4.69, 9.17) is 0 Å². The Hall–Kier alpha value is 0.400. The summed E-state index contributed by atoms with van der Waals surface area (Å²) in [7, 11) is -1.57. The largest absolute Gasteiger partial charge is 0.315 e. The molecule has 0 bridgehead atoms. The van der Waals surface area contributed by atoms with E-state index in [1.165, 1.54) is 24.2 Å². The second kappa shape index (κ2) is 7.60. The number of hydrogen-bond donors (Lipinski definition) is 2. The van der Waals surface area contributed by atoms with Gasteiger partial charge in [0.15, 0.2) is 0 Å². The van der Waals surface area contributed by atoms with E-state index in [0.29, 0.717) is 27.0 Å². The topological polar surface area (TPSA) is 58.2 Å². The van der Waals surface area contributed by atoms with E-state index in [9.17, 15) is 8.42 Å². The molecule has 4 nitrogen and oxygen atoms in total. The molecule has 1 unspecified atom stereocenters. The second-order valence-electron chi connectivity index (χ2n) is 4.72. The lowest BCUT2D eigenvalue weighted by molar-refractivity contribution is 0.573. The number of thioether (sulfide) groups is 1. The summed E-state index contributed by atoms with van der Waals surface area (Å²) in [6.45, 7) is 1.20. The molecule has 114 valence electrons. The SMILES string of the molecule is CNCc1cc(S(=O)(=O)NCC2CCCCS2)c(Br)s1. The van der Waals surface area contributed by atoms with Crippen LogP contribution in [0, 0.1) is 0 Å². The van der Waals surface area contributed by atoms with Crippen LogP contribution in [-0.4, -0.2) is 33.0 Å². The Balaban J connectivity index is 2.01. The fourth-order valence-corrected chi connectivity index (χ4v) is 7.21. The van der Waals surface area contributed by atoms with Gasteiger partial charge in [0.25, 0.3) is 0 Å². The Bertz CT molecular complexity index is 539. The minimum absolute atomic E-state index is 0.355. The number of hydrogen-bond acceptors (Lipinski definition) is 5. The van der Waals surface area contributed by atoms with Gasteiger partial charge in [-0.05, 0) is 47.6 Å². The van der Waals surface area contributed by atoms with Gasteiger partial charge in [-0.3, -0.25) is 0 Å². The molecular weight excluding hydrogens is 380 g/mol. The molecule has 20 heavy (non-hydrogen) atoms. The van der Waals surface area contributed by atoms with Gasteiger partial charge < -0.3 is 5.32 Å². The molecule has 1 aliphatic rings. The smallest absolute Gasteiger partial charge is 0.242 e. The minimum Gasteiger partial charge on any atom is -0.315 e. The zero-order valence-corrected chi connectivity index (χ0v) is 15.4. The fraction of sp³-hybridized carbons (Fsp3) is 0.667. The molecule has 0 amide bonds. The monoisotopic (exact) mass is 398 g/mol. The van der Waals surface area contributed by atoms with Gasteiger partial charge >= 0.3 is 0 Å². The van der Waals surface area contributed by atoms with Crippen molar-refractivity contribution < 1.29 is 8.42 Å². The van der Waals surface area contributed by atoms with Gasteiger partial charge in [0.2, 0.25) is 10.0 Å².